The number of rotatable bonds is 0. The number of carbonyl (C=O) groups is 2. The number of hydrogen-bond donors (Lipinski definition) is 0. The van der Waals surface area contributed by atoms with Crippen molar-refractivity contribution in [3.8, 4) is 0 Å². The maximum atomic E-state index is 11.9. The monoisotopic (exact) mass is 174 g/mol. The quantitative estimate of drug-likeness (QED) is 0.536. The van der Waals surface area contributed by atoms with Gasteiger partial charge in [-0.15, -0.1) is 0 Å². The zero-order valence-corrected chi connectivity index (χ0v) is 7.14. The number of ketones is 2. The van der Waals surface area contributed by atoms with Crippen LogP contribution in [-0.4, -0.2) is 11.6 Å². The van der Waals surface area contributed by atoms with E-state index in [1.165, 1.54) is 6.42 Å². The molecule has 5 aliphatic rings. The van der Waals surface area contributed by atoms with Gasteiger partial charge in [0.2, 0.25) is 0 Å². The fraction of sp³-hybridized carbons (Fsp3) is 0.818. The Kier molecular flexibility index (Phi) is 0.602. The van der Waals surface area contributed by atoms with E-state index < -0.39 is 0 Å². The molecule has 2 bridgehead atoms. The third-order valence-electron chi connectivity index (χ3n) is 5.82. The molecule has 0 aliphatic heterocycles. The van der Waals surface area contributed by atoms with E-state index in [2.05, 4.69) is 0 Å². The summed E-state index contributed by atoms with van der Waals surface area (Å²) in [6.07, 6.45) is 1.22. The van der Waals surface area contributed by atoms with Crippen LogP contribution >= 0.6 is 0 Å². The minimum absolute atomic E-state index is 0.211. The predicted molar refractivity (Wildman–Crippen MR) is 42.6 cm³/mol. The predicted octanol–water partition coefficient (Wildman–Crippen LogP) is 0.512. The molecule has 0 amide bonds. The van der Waals surface area contributed by atoms with Crippen LogP contribution in [0.4, 0.5) is 0 Å². The summed E-state index contributed by atoms with van der Waals surface area (Å²) in [5.41, 5.74) is 0. The molecule has 0 unspecified atom stereocenters. The van der Waals surface area contributed by atoms with Gasteiger partial charge in [-0.05, 0) is 30.1 Å². The van der Waals surface area contributed by atoms with E-state index in [1.807, 2.05) is 0 Å². The molecule has 5 fully saturated rings. The second-order valence-electron chi connectivity index (χ2n) is 5.63. The summed E-state index contributed by atoms with van der Waals surface area (Å²) in [5.74, 6) is 4.49. The Morgan fingerprint density at radius 1 is 0.769 bits per heavy atom. The van der Waals surface area contributed by atoms with Crippen LogP contribution in [0.3, 0.4) is 0 Å². The SMILES string of the molecule is O=C1[C@@H]2[C@@H]3C(=O)[C@@H]4[C@H]5C[C@@H]([C@H]14)[C@@H]2[C@H]53. The lowest BCUT2D eigenvalue weighted by Gasteiger charge is -2.42. The normalized spacial score (nSPS) is 74.2. The van der Waals surface area contributed by atoms with Crippen molar-refractivity contribution in [2.24, 2.45) is 47.3 Å². The van der Waals surface area contributed by atoms with E-state index in [-0.39, 0.29) is 23.7 Å². The van der Waals surface area contributed by atoms with Crippen LogP contribution in [0.15, 0.2) is 0 Å². The third-order valence-corrected chi connectivity index (χ3v) is 5.82. The molecule has 5 rings (SSSR count). The first-order valence-electron chi connectivity index (χ1n) is 5.38. The van der Waals surface area contributed by atoms with Crippen molar-refractivity contribution in [1.29, 1.82) is 0 Å². The Balaban J connectivity index is 1.92. The summed E-state index contributed by atoms with van der Waals surface area (Å²) in [5, 5.41) is 0. The van der Waals surface area contributed by atoms with E-state index in [0.29, 0.717) is 35.2 Å². The molecular weight excluding hydrogens is 164 g/mol. The molecule has 5 saturated carbocycles. The van der Waals surface area contributed by atoms with Crippen LogP contribution in [0.1, 0.15) is 6.42 Å². The molecular formula is C11H10O2. The van der Waals surface area contributed by atoms with Gasteiger partial charge in [0.15, 0.2) is 0 Å². The van der Waals surface area contributed by atoms with Gasteiger partial charge in [-0.2, -0.15) is 0 Å². The van der Waals surface area contributed by atoms with Gasteiger partial charge in [0.1, 0.15) is 11.6 Å². The molecule has 2 nitrogen and oxygen atoms in total. The van der Waals surface area contributed by atoms with Crippen LogP contribution in [0.25, 0.3) is 0 Å². The molecule has 66 valence electrons. The van der Waals surface area contributed by atoms with E-state index in [1.54, 1.807) is 0 Å². The fourth-order valence-corrected chi connectivity index (χ4v) is 5.80. The highest BCUT2D eigenvalue weighted by Crippen LogP contribution is 2.80. The second kappa shape index (κ2) is 1.32. The summed E-state index contributed by atoms with van der Waals surface area (Å²) in [7, 11) is 0. The summed E-state index contributed by atoms with van der Waals surface area (Å²) in [4.78, 5) is 23.8. The number of Topliss-reactive ketones (excluding diaryl/α,β-unsaturated/α-hetero) is 2. The van der Waals surface area contributed by atoms with Gasteiger partial charge in [-0.1, -0.05) is 0 Å². The third kappa shape index (κ3) is 0.323. The minimum Gasteiger partial charge on any atom is -0.299 e. The summed E-state index contributed by atoms with van der Waals surface area (Å²) in [6, 6.07) is 0. The average Bonchev–Trinajstić information content (AvgIpc) is 2.52. The van der Waals surface area contributed by atoms with Gasteiger partial charge >= 0.3 is 0 Å². The lowest BCUT2D eigenvalue weighted by Crippen LogP contribution is -2.47. The number of fused-ring (bicyclic) bond motifs is 2. The second-order valence-corrected chi connectivity index (χ2v) is 5.63. The summed E-state index contributed by atoms with van der Waals surface area (Å²) in [6.45, 7) is 0. The first kappa shape index (κ1) is 5.94. The van der Waals surface area contributed by atoms with Crippen molar-refractivity contribution >= 4 is 11.6 Å². The van der Waals surface area contributed by atoms with Crippen molar-refractivity contribution in [2.45, 2.75) is 6.42 Å². The minimum atomic E-state index is 0.211. The van der Waals surface area contributed by atoms with Crippen LogP contribution in [0.5, 0.6) is 0 Å². The van der Waals surface area contributed by atoms with Gasteiger partial charge < -0.3 is 0 Å². The highest BCUT2D eigenvalue weighted by atomic mass is 16.1. The molecule has 0 saturated heterocycles. The average molecular weight is 174 g/mol. The zero-order chi connectivity index (χ0) is 8.48. The molecule has 0 N–H and O–H groups in total. The lowest BCUT2D eigenvalue weighted by molar-refractivity contribution is -0.145. The summed E-state index contributed by atoms with van der Waals surface area (Å²) < 4.78 is 0. The van der Waals surface area contributed by atoms with Gasteiger partial charge in [-0.25, -0.2) is 0 Å². The van der Waals surface area contributed by atoms with Crippen molar-refractivity contribution in [3.63, 3.8) is 0 Å². The van der Waals surface area contributed by atoms with Crippen molar-refractivity contribution in [1.82, 2.24) is 0 Å². The van der Waals surface area contributed by atoms with Crippen molar-refractivity contribution in [2.75, 3.05) is 0 Å². The lowest BCUT2D eigenvalue weighted by atomic mass is 9.59. The van der Waals surface area contributed by atoms with Crippen LogP contribution < -0.4 is 0 Å². The molecule has 0 aromatic rings. The van der Waals surface area contributed by atoms with E-state index in [0.717, 1.165) is 0 Å². The van der Waals surface area contributed by atoms with E-state index in [9.17, 15) is 9.59 Å². The number of carbonyl (C=O) groups excluding carboxylic acids is 2. The van der Waals surface area contributed by atoms with Gasteiger partial charge in [-0.3, -0.25) is 9.59 Å². The molecule has 8 atom stereocenters. The maximum absolute atomic E-state index is 11.9. The molecule has 0 aromatic carbocycles. The standard InChI is InChI=1S/C11H10O2/c12-10-6-2-1-3-5-4(2)8(10)9(5)11(13)7(3)6/h2-9H,1H2/t2-,3+,4-,5+,6+,7-,8+,9-. The number of hydrogen-bond acceptors (Lipinski definition) is 2. The van der Waals surface area contributed by atoms with Gasteiger partial charge in [0.25, 0.3) is 0 Å². The Morgan fingerprint density at radius 3 is 1.69 bits per heavy atom. The largest absolute Gasteiger partial charge is 0.299 e. The van der Waals surface area contributed by atoms with E-state index >= 15 is 0 Å². The maximum Gasteiger partial charge on any atom is 0.141 e. The fourth-order valence-electron chi connectivity index (χ4n) is 5.80. The smallest absolute Gasteiger partial charge is 0.141 e. The highest BCUT2D eigenvalue weighted by molar-refractivity contribution is 6.06. The molecule has 0 spiro atoms. The van der Waals surface area contributed by atoms with Gasteiger partial charge in [0.05, 0.1) is 0 Å². The van der Waals surface area contributed by atoms with Crippen molar-refractivity contribution < 1.29 is 9.59 Å². The van der Waals surface area contributed by atoms with Crippen LogP contribution in [-0.2, 0) is 9.59 Å². The molecule has 0 aromatic heterocycles. The van der Waals surface area contributed by atoms with Crippen LogP contribution in [0, 0.1) is 47.3 Å². The van der Waals surface area contributed by atoms with Crippen molar-refractivity contribution in [3.05, 3.63) is 0 Å². The molecule has 2 heteroatoms. The highest BCUT2D eigenvalue weighted by Gasteiger charge is 2.84. The molecule has 13 heavy (non-hydrogen) atoms. The van der Waals surface area contributed by atoms with Gasteiger partial charge in [0, 0.05) is 23.7 Å². The molecule has 0 heterocycles. The van der Waals surface area contributed by atoms with E-state index in [4.69, 9.17) is 0 Å². The first-order valence-corrected chi connectivity index (χ1v) is 5.38. The topological polar surface area (TPSA) is 34.1 Å². The molecule has 5 aliphatic carbocycles. The van der Waals surface area contributed by atoms with Crippen LogP contribution in [0.2, 0.25) is 0 Å². The Labute approximate surface area is 75.7 Å². The zero-order valence-electron chi connectivity index (χ0n) is 7.14. The Bertz CT molecular complexity index is 346. The summed E-state index contributed by atoms with van der Waals surface area (Å²) >= 11 is 0. The Hall–Kier alpha value is -0.660. The first-order chi connectivity index (χ1) is 6.30. The molecule has 0 radical (unpaired) electrons. The Morgan fingerprint density at radius 2 is 1.23 bits per heavy atom.